The number of nitrogens with zero attached hydrogens (tertiary/aromatic N) is 5. The van der Waals surface area contributed by atoms with E-state index in [2.05, 4.69) is 60.7 Å². The maximum atomic E-state index is 4.79. The van der Waals surface area contributed by atoms with E-state index in [1.807, 2.05) is 12.4 Å². The number of anilines is 2. The molecule has 0 saturated heterocycles. The number of thiazole rings is 1. The van der Waals surface area contributed by atoms with Gasteiger partial charge >= 0.3 is 0 Å². The third-order valence-electron chi connectivity index (χ3n) is 4.77. The van der Waals surface area contributed by atoms with Gasteiger partial charge in [0.25, 0.3) is 0 Å². The van der Waals surface area contributed by atoms with Crippen LogP contribution >= 0.6 is 11.3 Å². The lowest BCUT2D eigenvalue weighted by Gasteiger charge is -2.22. The van der Waals surface area contributed by atoms with Gasteiger partial charge in [-0.1, -0.05) is 20.8 Å². The highest BCUT2D eigenvalue weighted by atomic mass is 32.1. The molecule has 3 heterocycles. The molecule has 0 saturated carbocycles. The molecule has 150 valence electrons. The Morgan fingerprint density at radius 1 is 0.821 bits per heavy atom. The molecule has 6 heteroatoms. The van der Waals surface area contributed by atoms with Crippen molar-refractivity contribution in [2.45, 2.75) is 47.0 Å². The molecule has 0 aliphatic heterocycles. The van der Waals surface area contributed by atoms with E-state index in [9.17, 15) is 0 Å². The van der Waals surface area contributed by atoms with Crippen LogP contribution in [-0.2, 0) is 0 Å². The van der Waals surface area contributed by atoms with Gasteiger partial charge in [0.05, 0.1) is 10.9 Å². The van der Waals surface area contributed by atoms with Crippen LogP contribution in [0.4, 0.5) is 11.6 Å². The van der Waals surface area contributed by atoms with Gasteiger partial charge in [-0.3, -0.25) is 0 Å². The predicted molar refractivity (Wildman–Crippen MR) is 122 cm³/mol. The minimum absolute atomic E-state index is 0.957. The molecule has 0 N–H and O–H groups in total. The van der Waals surface area contributed by atoms with Crippen LogP contribution in [-0.4, -0.2) is 41.1 Å². The zero-order chi connectivity index (χ0) is 19.9. The predicted octanol–water partition coefficient (Wildman–Crippen LogP) is 5.62. The third-order valence-corrected chi connectivity index (χ3v) is 5.83. The summed E-state index contributed by atoms with van der Waals surface area (Å²) in [5.74, 6) is 2.09. The summed E-state index contributed by atoms with van der Waals surface area (Å²) in [6.45, 7) is 12.9. The summed E-state index contributed by atoms with van der Waals surface area (Å²) in [4.78, 5) is 18.8. The standard InChI is InChI=1S/C22H31N5S/c1-5-11-26(8-4)21-14-19-18(16-24-21)25-22(28-19)17-9-10-20(23-15-17)27(12-6-2)13-7-3/h9-10,14-16H,5-8,11-13H2,1-4H3. The second-order valence-electron chi connectivity index (χ2n) is 7.00. The van der Waals surface area contributed by atoms with E-state index in [0.717, 1.165) is 73.2 Å². The van der Waals surface area contributed by atoms with Crippen LogP contribution in [0.5, 0.6) is 0 Å². The minimum atomic E-state index is 0.957. The van der Waals surface area contributed by atoms with Gasteiger partial charge in [0, 0.05) is 44.0 Å². The zero-order valence-corrected chi connectivity index (χ0v) is 18.3. The number of aromatic nitrogens is 3. The van der Waals surface area contributed by atoms with Crippen LogP contribution in [0.15, 0.2) is 30.6 Å². The van der Waals surface area contributed by atoms with Gasteiger partial charge in [0.2, 0.25) is 0 Å². The summed E-state index contributed by atoms with van der Waals surface area (Å²) in [6, 6.07) is 6.43. The van der Waals surface area contributed by atoms with E-state index < -0.39 is 0 Å². The molecule has 0 radical (unpaired) electrons. The average Bonchev–Trinajstić information content (AvgIpc) is 3.15. The first kappa shape index (κ1) is 20.5. The lowest BCUT2D eigenvalue weighted by atomic mass is 10.2. The molecule has 0 aliphatic rings. The lowest BCUT2D eigenvalue weighted by Crippen LogP contribution is -2.25. The van der Waals surface area contributed by atoms with E-state index in [4.69, 9.17) is 9.97 Å². The Bertz CT molecular complexity index is 868. The molecule has 5 nitrogen and oxygen atoms in total. The van der Waals surface area contributed by atoms with Crippen molar-refractivity contribution in [2.75, 3.05) is 36.0 Å². The number of hydrogen-bond donors (Lipinski definition) is 0. The first-order valence-electron chi connectivity index (χ1n) is 10.4. The number of fused-ring (bicyclic) bond motifs is 1. The first-order chi connectivity index (χ1) is 13.7. The van der Waals surface area contributed by atoms with Crippen LogP contribution in [0, 0.1) is 0 Å². The van der Waals surface area contributed by atoms with Crippen molar-refractivity contribution < 1.29 is 0 Å². The fourth-order valence-electron chi connectivity index (χ4n) is 3.40. The van der Waals surface area contributed by atoms with E-state index in [-0.39, 0.29) is 0 Å². The molecule has 3 rings (SSSR count). The normalized spacial score (nSPS) is 11.1. The molecular formula is C22H31N5S. The second kappa shape index (κ2) is 9.82. The molecular weight excluding hydrogens is 366 g/mol. The quantitative estimate of drug-likeness (QED) is 0.444. The van der Waals surface area contributed by atoms with Crippen molar-refractivity contribution >= 4 is 33.2 Å². The number of pyridine rings is 2. The average molecular weight is 398 g/mol. The number of hydrogen-bond acceptors (Lipinski definition) is 6. The van der Waals surface area contributed by atoms with E-state index in [0.29, 0.717) is 0 Å². The van der Waals surface area contributed by atoms with Gasteiger partial charge in [-0.2, -0.15) is 0 Å². The summed E-state index contributed by atoms with van der Waals surface area (Å²) in [5.41, 5.74) is 2.03. The molecule has 3 aromatic rings. The maximum Gasteiger partial charge on any atom is 0.130 e. The fraction of sp³-hybridized carbons (Fsp3) is 0.500. The van der Waals surface area contributed by atoms with E-state index in [1.54, 1.807) is 11.3 Å². The molecule has 0 amide bonds. The Labute approximate surface area is 172 Å². The Kier molecular flexibility index (Phi) is 7.20. The van der Waals surface area contributed by atoms with Crippen molar-refractivity contribution in [2.24, 2.45) is 0 Å². The monoisotopic (exact) mass is 397 g/mol. The molecule has 0 bridgehead atoms. The zero-order valence-electron chi connectivity index (χ0n) is 17.5. The molecule has 0 fully saturated rings. The first-order valence-corrected chi connectivity index (χ1v) is 11.2. The van der Waals surface area contributed by atoms with Gasteiger partial charge in [-0.25, -0.2) is 15.0 Å². The summed E-state index contributed by atoms with van der Waals surface area (Å²) < 4.78 is 1.18. The Morgan fingerprint density at radius 3 is 2.11 bits per heavy atom. The SMILES string of the molecule is CCCN(CC)c1cc2sc(-c3ccc(N(CCC)CCC)nc3)nc2cn1. The van der Waals surface area contributed by atoms with E-state index in [1.165, 1.54) is 4.70 Å². The molecule has 0 unspecified atom stereocenters. The summed E-state index contributed by atoms with van der Waals surface area (Å²) in [7, 11) is 0. The van der Waals surface area contributed by atoms with Crippen LogP contribution in [0.1, 0.15) is 47.0 Å². The number of rotatable bonds is 10. The van der Waals surface area contributed by atoms with Gasteiger partial charge < -0.3 is 9.80 Å². The van der Waals surface area contributed by atoms with Crippen LogP contribution < -0.4 is 9.80 Å². The summed E-state index contributed by atoms with van der Waals surface area (Å²) in [6.07, 6.45) is 7.23. The molecule has 28 heavy (non-hydrogen) atoms. The molecule has 0 aliphatic carbocycles. The van der Waals surface area contributed by atoms with Crippen molar-refractivity contribution in [3.63, 3.8) is 0 Å². The largest absolute Gasteiger partial charge is 0.357 e. The van der Waals surface area contributed by atoms with Crippen LogP contribution in [0.3, 0.4) is 0 Å². The highest BCUT2D eigenvalue weighted by molar-refractivity contribution is 7.21. The fourth-order valence-corrected chi connectivity index (χ4v) is 4.36. The highest BCUT2D eigenvalue weighted by Crippen LogP contribution is 2.32. The lowest BCUT2D eigenvalue weighted by molar-refractivity contribution is 0.734. The van der Waals surface area contributed by atoms with Crippen molar-refractivity contribution in [1.29, 1.82) is 0 Å². The third kappa shape index (κ3) is 4.61. The minimum Gasteiger partial charge on any atom is -0.357 e. The van der Waals surface area contributed by atoms with Crippen molar-refractivity contribution in [1.82, 2.24) is 15.0 Å². The molecule has 3 aromatic heterocycles. The van der Waals surface area contributed by atoms with Crippen molar-refractivity contribution in [3.05, 3.63) is 30.6 Å². The van der Waals surface area contributed by atoms with Gasteiger partial charge in [0.1, 0.15) is 22.2 Å². The van der Waals surface area contributed by atoms with E-state index >= 15 is 0 Å². The maximum absolute atomic E-state index is 4.79. The molecule has 0 atom stereocenters. The van der Waals surface area contributed by atoms with Gasteiger partial charge in [-0.15, -0.1) is 11.3 Å². The van der Waals surface area contributed by atoms with Crippen LogP contribution in [0.2, 0.25) is 0 Å². The summed E-state index contributed by atoms with van der Waals surface area (Å²) in [5, 5.41) is 1.00. The smallest absolute Gasteiger partial charge is 0.130 e. The Morgan fingerprint density at radius 2 is 1.50 bits per heavy atom. The van der Waals surface area contributed by atoms with Crippen molar-refractivity contribution in [3.8, 4) is 10.6 Å². The molecule has 0 spiro atoms. The Hall–Kier alpha value is -2.21. The topological polar surface area (TPSA) is 45.2 Å². The summed E-state index contributed by atoms with van der Waals surface area (Å²) >= 11 is 1.71. The van der Waals surface area contributed by atoms with Gasteiger partial charge in [-0.05, 0) is 38.3 Å². The van der Waals surface area contributed by atoms with Crippen LogP contribution in [0.25, 0.3) is 20.8 Å². The molecule has 0 aromatic carbocycles. The second-order valence-corrected chi connectivity index (χ2v) is 8.03. The Balaban J connectivity index is 1.85. The highest BCUT2D eigenvalue weighted by Gasteiger charge is 2.12. The van der Waals surface area contributed by atoms with Gasteiger partial charge in [0.15, 0.2) is 0 Å².